The standard InChI is InChI=1S/C23H21N3O5S/c27-23(19-11-10-17-9-8-16-4-3-5-18(19)22(16)17)24-12-14-25(15-13-24)32(30,31)21-7-2-1-6-20(21)26(28)29/h1-7,10-11H,8-9,12-15H2. The maximum atomic E-state index is 13.3. The number of carbonyl (C=O) groups excluding carboxylic acids is 1. The van der Waals surface area contributed by atoms with Crippen LogP contribution >= 0.6 is 0 Å². The maximum absolute atomic E-state index is 13.3. The van der Waals surface area contributed by atoms with E-state index >= 15 is 0 Å². The number of nitrogens with zero attached hydrogens (tertiary/aromatic N) is 3. The van der Waals surface area contributed by atoms with Crippen LogP contribution in [-0.2, 0) is 22.9 Å². The molecule has 1 fully saturated rings. The van der Waals surface area contributed by atoms with Gasteiger partial charge in [0.25, 0.3) is 11.6 Å². The van der Waals surface area contributed by atoms with Crippen LogP contribution in [0, 0.1) is 10.1 Å². The highest BCUT2D eigenvalue weighted by Crippen LogP contribution is 2.33. The Morgan fingerprint density at radius 1 is 0.875 bits per heavy atom. The minimum atomic E-state index is -4.04. The van der Waals surface area contributed by atoms with Gasteiger partial charge in [-0.15, -0.1) is 0 Å². The number of amides is 1. The van der Waals surface area contributed by atoms with Gasteiger partial charge in [0.1, 0.15) is 0 Å². The number of para-hydroxylation sites is 1. The first-order valence-electron chi connectivity index (χ1n) is 10.4. The van der Waals surface area contributed by atoms with Gasteiger partial charge in [0, 0.05) is 37.8 Å². The van der Waals surface area contributed by atoms with Crippen LogP contribution < -0.4 is 0 Å². The number of nitro benzene ring substituents is 1. The third-order valence-electron chi connectivity index (χ3n) is 6.31. The molecule has 0 aromatic heterocycles. The third-order valence-corrected chi connectivity index (χ3v) is 8.26. The summed E-state index contributed by atoms with van der Waals surface area (Å²) in [5.74, 6) is -0.122. The lowest BCUT2D eigenvalue weighted by atomic mass is 9.99. The molecule has 0 unspecified atom stereocenters. The van der Waals surface area contributed by atoms with E-state index in [1.807, 2.05) is 24.3 Å². The summed E-state index contributed by atoms with van der Waals surface area (Å²) >= 11 is 0. The van der Waals surface area contributed by atoms with Crippen LogP contribution in [0.4, 0.5) is 5.69 Å². The smallest absolute Gasteiger partial charge is 0.289 e. The van der Waals surface area contributed by atoms with E-state index in [2.05, 4.69) is 6.07 Å². The third kappa shape index (κ3) is 3.25. The second-order valence-corrected chi connectivity index (χ2v) is 9.94. The van der Waals surface area contributed by atoms with Crippen molar-refractivity contribution in [2.75, 3.05) is 26.2 Å². The van der Waals surface area contributed by atoms with Gasteiger partial charge in [-0.05, 0) is 46.9 Å². The number of carbonyl (C=O) groups is 1. The Bertz CT molecular complexity index is 1350. The molecule has 32 heavy (non-hydrogen) atoms. The van der Waals surface area contributed by atoms with Crippen LogP contribution in [0.2, 0.25) is 0 Å². The van der Waals surface area contributed by atoms with Crippen molar-refractivity contribution < 1.29 is 18.1 Å². The van der Waals surface area contributed by atoms with Crippen molar-refractivity contribution >= 4 is 32.4 Å². The summed E-state index contributed by atoms with van der Waals surface area (Å²) in [6.45, 7) is 0.617. The van der Waals surface area contributed by atoms with E-state index in [-0.39, 0.29) is 37.0 Å². The highest BCUT2D eigenvalue weighted by atomic mass is 32.2. The molecule has 0 N–H and O–H groups in total. The molecule has 9 heteroatoms. The van der Waals surface area contributed by atoms with Crippen molar-refractivity contribution in [1.82, 2.24) is 9.21 Å². The molecule has 0 atom stereocenters. The van der Waals surface area contributed by atoms with Crippen molar-refractivity contribution in [2.45, 2.75) is 17.7 Å². The molecule has 8 nitrogen and oxygen atoms in total. The van der Waals surface area contributed by atoms with Gasteiger partial charge in [-0.2, -0.15) is 4.31 Å². The Kier molecular flexibility index (Phi) is 4.94. The Balaban J connectivity index is 1.38. The quantitative estimate of drug-likeness (QED) is 0.448. The van der Waals surface area contributed by atoms with E-state index < -0.39 is 20.6 Å². The van der Waals surface area contributed by atoms with Crippen LogP contribution in [0.3, 0.4) is 0 Å². The van der Waals surface area contributed by atoms with E-state index in [9.17, 15) is 23.3 Å². The Labute approximate surface area is 185 Å². The fourth-order valence-corrected chi connectivity index (χ4v) is 6.28. The molecular weight excluding hydrogens is 430 g/mol. The monoisotopic (exact) mass is 451 g/mol. The predicted octanol–water partition coefficient (Wildman–Crippen LogP) is 2.99. The summed E-state index contributed by atoms with van der Waals surface area (Å²) in [6, 6.07) is 15.3. The molecule has 1 saturated heterocycles. The highest BCUT2D eigenvalue weighted by Gasteiger charge is 2.35. The minimum absolute atomic E-state index is 0.0847. The SMILES string of the molecule is O=C(c1ccc2c3c(cccc13)CC2)N1CCN(S(=O)(=O)c2ccccc2[N+](=O)[O-])CC1. The summed E-state index contributed by atoms with van der Waals surface area (Å²) < 4.78 is 27.3. The number of nitro groups is 1. The zero-order valence-corrected chi connectivity index (χ0v) is 18.0. The van der Waals surface area contributed by atoms with Gasteiger partial charge in [-0.1, -0.05) is 36.4 Å². The van der Waals surface area contributed by atoms with Gasteiger partial charge < -0.3 is 4.90 Å². The lowest BCUT2D eigenvalue weighted by Crippen LogP contribution is -2.50. The van der Waals surface area contributed by atoms with Crippen molar-refractivity contribution in [3.63, 3.8) is 0 Å². The zero-order valence-electron chi connectivity index (χ0n) is 17.2. The predicted molar refractivity (Wildman–Crippen MR) is 119 cm³/mol. The molecule has 3 aromatic rings. The Hall–Kier alpha value is -3.30. The van der Waals surface area contributed by atoms with Gasteiger partial charge in [0.2, 0.25) is 10.0 Å². The normalized spacial score (nSPS) is 16.4. The number of hydrogen-bond acceptors (Lipinski definition) is 5. The van der Waals surface area contributed by atoms with E-state index in [1.165, 1.54) is 39.7 Å². The minimum Gasteiger partial charge on any atom is -0.336 e. The fraction of sp³-hybridized carbons (Fsp3) is 0.261. The van der Waals surface area contributed by atoms with Crippen LogP contribution in [0.15, 0.2) is 59.5 Å². The summed E-state index contributed by atoms with van der Waals surface area (Å²) in [4.78, 5) is 25.2. The van der Waals surface area contributed by atoms with E-state index in [0.29, 0.717) is 5.56 Å². The summed E-state index contributed by atoms with van der Waals surface area (Å²) in [6.07, 6.45) is 1.96. The van der Waals surface area contributed by atoms with Gasteiger partial charge in [-0.25, -0.2) is 8.42 Å². The number of benzene rings is 3. The molecule has 164 valence electrons. The average Bonchev–Trinajstić information content (AvgIpc) is 3.24. The van der Waals surface area contributed by atoms with Crippen LogP contribution in [-0.4, -0.2) is 54.6 Å². The van der Waals surface area contributed by atoms with Gasteiger partial charge in [0.05, 0.1) is 4.92 Å². The van der Waals surface area contributed by atoms with E-state index in [0.717, 1.165) is 23.6 Å². The molecule has 3 aromatic carbocycles. The van der Waals surface area contributed by atoms with Gasteiger partial charge in [-0.3, -0.25) is 14.9 Å². The molecule has 1 aliphatic heterocycles. The molecule has 0 bridgehead atoms. The van der Waals surface area contributed by atoms with E-state index in [1.54, 1.807) is 4.90 Å². The zero-order chi connectivity index (χ0) is 22.5. The van der Waals surface area contributed by atoms with Crippen LogP contribution in [0.1, 0.15) is 21.5 Å². The summed E-state index contributed by atoms with van der Waals surface area (Å²) in [5, 5.41) is 13.4. The number of piperazine rings is 1. The van der Waals surface area contributed by atoms with E-state index in [4.69, 9.17) is 0 Å². The molecule has 2 aliphatic rings. The lowest BCUT2D eigenvalue weighted by molar-refractivity contribution is -0.387. The van der Waals surface area contributed by atoms with Crippen molar-refractivity contribution in [3.8, 4) is 0 Å². The first kappa shape index (κ1) is 20.6. The summed E-state index contributed by atoms with van der Waals surface area (Å²) in [7, 11) is -4.04. The molecule has 0 spiro atoms. The molecule has 0 radical (unpaired) electrons. The average molecular weight is 452 g/mol. The molecule has 0 saturated carbocycles. The van der Waals surface area contributed by atoms with Crippen molar-refractivity contribution in [2.24, 2.45) is 0 Å². The topological polar surface area (TPSA) is 101 Å². The molecule has 1 aliphatic carbocycles. The number of rotatable bonds is 4. The largest absolute Gasteiger partial charge is 0.336 e. The molecule has 1 amide bonds. The second-order valence-electron chi connectivity index (χ2n) is 8.03. The molecule has 5 rings (SSSR count). The Morgan fingerprint density at radius 2 is 1.56 bits per heavy atom. The van der Waals surface area contributed by atoms with Gasteiger partial charge in [0.15, 0.2) is 4.90 Å². The van der Waals surface area contributed by atoms with Gasteiger partial charge >= 0.3 is 0 Å². The first-order chi connectivity index (χ1) is 15.4. The number of sulfonamides is 1. The molecule has 1 heterocycles. The number of hydrogen-bond donors (Lipinski definition) is 0. The Morgan fingerprint density at radius 3 is 2.28 bits per heavy atom. The maximum Gasteiger partial charge on any atom is 0.289 e. The highest BCUT2D eigenvalue weighted by molar-refractivity contribution is 7.89. The summed E-state index contributed by atoms with van der Waals surface area (Å²) in [5.41, 5.74) is 2.70. The van der Waals surface area contributed by atoms with Crippen molar-refractivity contribution in [1.29, 1.82) is 0 Å². The first-order valence-corrected chi connectivity index (χ1v) is 11.9. The molecular formula is C23H21N3O5S. The lowest BCUT2D eigenvalue weighted by Gasteiger charge is -2.34. The van der Waals surface area contributed by atoms with Crippen LogP contribution in [0.5, 0.6) is 0 Å². The number of aryl methyl sites for hydroxylation is 2. The van der Waals surface area contributed by atoms with Crippen LogP contribution in [0.25, 0.3) is 10.8 Å². The second kappa shape index (κ2) is 7.68. The van der Waals surface area contributed by atoms with Crippen molar-refractivity contribution in [3.05, 3.63) is 81.4 Å². The fourth-order valence-electron chi connectivity index (χ4n) is 4.70.